The van der Waals surface area contributed by atoms with Gasteiger partial charge in [0.1, 0.15) is 28.6 Å². The van der Waals surface area contributed by atoms with Gasteiger partial charge < -0.3 is 28.8 Å². The third-order valence-electron chi connectivity index (χ3n) is 8.11. The molecule has 0 atom stereocenters. The Balaban J connectivity index is 1.39. The molecule has 0 fully saturated rings. The Labute approximate surface area is 288 Å². The molecule has 0 heterocycles. The number of benzene rings is 5. The first kappa shape index (κ1) is 35.3. The Kier molecular flexibility index (Phi) is 11.6. The van der Waals surface area contributed by atoms with Gasteiger partial charge in [0, 0.05) is 18.6 Å². The first-order valence-corrected chi connectivity index (χ1v) is 15.7. The highest BCUT2D eigenvalue weighted by atomic mass is 16.6. The van der Waals surface area contributed by atoms with Crippen molar-refractivity contribution in [3.63, 3.8) is 0 Å². The number of aliphatic hydroxyl groups is 1. The lowest BCUT2D eigenvalue weighted by Gasteiger charge is -2.36. The number of aliphatic hydroxyl groups excluding tert-OH is 1. The van der Waals surface area contributed by atoms with Crippen molar-refractivity contribution in [2.45, 2.75) is 25.2 Å². The molecular formula is C38H36N2O10. The summed E-state index contributed by atoms with van der Waals surface area (Å²) in [6.45, 7) is -0.176. The summed E-state index contributed by atoms with van der Waals surface area (Å²) in [5.41, 5.74) is 1.35. The second-order valence-electron chi connectivity index (χ2n) is 11.1. The van der Waals surface area contributed by atoms with E-state index in [2.05, 4.69) is 0 Å². The highest BCUT2D eigenvalue weighted by molar-refractivity contribution is 5.51. The van der Waals surface area contributed by atoms with Crippen LogP contribution in [-0.4, -0.2) is 42.4 Å². The molecule has 0 aromatic heterocycles. The molecule has 0 spiro atoms. The van der Waals surface area contributed by atoms with Gasteiger partial charge >= 0.3 is 0 Å². The fourth-order valence-electron chi connectivity index (χ4n) is 5.60. The Hall–Kier alpha value is -5.98. The van der Waals surface area contributed by atoms with E-state index in [0.717, 1.165) is 16.7 Å². The van der Waals surface area contributed by atoms with E-state index in [9.17, 15) is 25.3 Å². The third-order valence-corrected chi connectivity index (χ3v) is 8.11. The van der Waals surface area contributed by atoms with E-state index in [1.54, 1.807) is 20.3 Å². The molecule has 0 radical (unpaired) electrons. The lowest BCUT2D eigenvalue weighted by atomic mass is 9.80. The van der Waals surface area contributed by atoms with Gasteiger partial charge in [-0.15, -0.1) is 0 Å². The highest BCUT2D eigenvalue weighted by Gasteiger charge is 2.38. The molecule has 5 aromatic carbocycles. The van der Waals surface area contributed by atoms with E-state index in [4.69, 9.17) is 23.7 Å². The van der Waals surface area contributed by atoms with E-state index < -0.39 is 22.1 Å². The Morgan fingerprint density at radius 2 is 1.04 bits per heavy atom. The van der Waals surface area contributed by atoms with Crippen LogP contribution in [0, 0.1) is 20.2 Å². The van der Waals surface area contributed by atoms with Crippen molar-refractivity contribution >= 4 is 11.4 Å². The number of hydrogen-bond donors (Lipinski definition) is 1. The SMILES string of the molecule is COc1ccc(C(OCc2cc(OCCCOc3ccc([N+](=O)[O-])c(CO)c3)ccc2[N+](=O)[O-])(c2ccccc2)c2ccc(OC)cc2)cc1. The van der Waals surface area contributed by atoms with Gasteiger partial charge in [-0.05, 0) is 65.2 Å². The topological polar surface area (TPSA) is 153 Å². The van der Waals surface area contributed by atoms with Gasteiger partial charge in [0.2, 0.25) is 0 Å². The summed E-state index contributed by atoms with van der Waals surface area (Å²) in [6, 6.07) is 33.3. The van der Waals surface area contributed by atoms with Gasteiger partial charge in [0.25, 0.3) is 11.4 Å². The molecule has 0 aliphatic heterocycles. The van der Waals surface area contributed by atoms with Crippen molar-refractivity contribution in [3.8, 4) is 23.0 Å². The lowest BCUT2D eigenvalue weighted by Crippen LogP contribution is -2.33. The Bertz CT molecular complexity index is 1850. The predicted octanol–water partition coefficient (Wildman–Crippen LogP) is 7.37. The number of hydrogen-bond acceptors (Lipinski definition) is 10. The zero-order valence-corrected chi connectivity index (χ0v) is 27.5. The molecule has 0 aliphatic carbocycles. The summed E-state index contributed by atoms with van der Waals surface area (Å²) >= 11 is 0. The van der Waals surface area contributed by atoms with Crippen LogP contribution in [0.25, 0.3) is 0 Å². The van der Waals surface area contributed by atoms with E-state index in [1.807, 2.05) is 78.9 Å². The van der Waals surface area contributed by atoms with Crippen molar-refractivity contribution < 1.29 is 38.6 Å². The highest BCUT2D eigenvalue weighted by Crippen LogP contribution is 2.43. The van der Waals surface area contributed by atoms with Crippen molar-refractivity contribution in [1.82, 2.24) is 0 Å². The molecule has 0 unspecified atom stereocenters. The number of nitrogens with zero attached hydrogens (tertiary/aromatic N) is 2. The summed E-state index contributed by atoms with van der Waals surface area (Å²) in [5.74, 6) is 2.12. The van der Waals surface area contributed by atoms with Crippen LogP contribution >= 0.6 is 0 Å². The quantitative estimate of drug-likeness (QED) is 0.0456. The standard InChI is InChI=1S/C38H36N2O10/c1-46-32-13-9-30(10-14-32)38(29-7-4-3-5-8-29,31-11-15-33(47-2)16-12-31)50-26-28-24-35(18-20-37(28)40(44)45)49-22-6-21-48-34-17-19-36(39(42)43)27(23-34)25-41/h3-5,7-20,23-24,41H,6,21-22,25-26H2,1-2H3. The van der Waals surface area contributed by atoms with Gasteiger partial charge in [-0.1, -0.05) is 54.6 Å². The average Bonchev–Trinajstić information content (AvgIpc) is 3.15. The van der Waals surface area contributed by atoms with Crippen LogP contribution in [0.2, 0.25) is 0 Å². The summed E-state index contributed by atoms with van der Waals surface area (Å²) in [5, 5.41) is 32.7. The van der Waals surface area contributed by atoms with Gasteiger partial charge in [0.05, 0.1) is 61.6 Å². The molecule has 12 nitrogen and oxygen atoms in total. The summed E-state index contributed by atoms with van der Waals surface area (Å²) in [7, 11) is 3.18. The normalized spacial score (nSPS) is 11.1. The van der Waals surface area contributed by atoms with Gasteiger partial charge in [0.15, 0.2) is 0 Å². The molecule has 0 aliphatic rings. The number of rotatable bonds is 17. The van der Waals surface area contributed by atoms with Gasteiger partial charge in [-0.25, -0.2) is 0 Å². The summed E-state index contributed by atoms with van der Waals surface area (Å²) in [4.78, 5) is 22.3. The van der Waals surface area contributed by atoms with Crippen LogP contribution in [-0.2, 0) is 23.6 Å². The minimum atomic E-state index is -1.18. The second-order valence-corrected chi connectivity index (χ2v) is 11.1. The number of ether oxygens (including phenoxy) is 5. The molecule has 12 heteroatoms. The number of nitro benzene ring substituents is 2. The molecule has 1 N–H and O–H groups in total. The fraction of sp³-hybridized carbons (Fsp3) is 0.211. The van der Waals surface area contributed by atoms with Crippen LogP contribution in [0.3, 0.4) is 0 Å². The minimum Gasteiger partial charge on any atom is -0.497 e. The molecule has 5 rings (SSSR count). The summed E-state index contributed by atoms with van der Waals surface area (Å²) in [6.07, 6.45) is 0.445. The molecular weight excluding hydrogens is 644 g/mol. The van der Waals surface area contributed by atoms with E-state index in [0.29, 0.717) is 35.0 Å². The van der Waals surface area contributed by atoms with Crippen molar-refractivity contribution in [2.24, 2.45) is 0 Å². The molecule has 5 aromatic rings. The Morgan fingerprint density at radius 3 is 1.50 bits per heavy atom. The van der Waals surface area contributed by atoms with Gasteiger partial charge in [-0.3, -0.25) is 20.2 Å². The summed E-state index contributed by atoms with van der Waals surface area (Å²) < 4.78 is 29.3. The van der Waals surface area contributed by atoms with E-state index in [1.165, 1.54) is 30.3 Å². The van der Waals surface area contributed by atoms with Crippen molar-refractivity contribution in [2.75, 3.05) is 27.4 Å². The van der Waals surface area contributed by atoms with Gasteiger partial charge in [-0.2, -0.15) is 0 Å². The Morgan fingerprint density at radius 1 is 0.600 bits per heavy atom. The molecule has 0 saturated heterocycles. The predicted molar refractivity (Wildman–Crippen MR) is 185 cm³/mol. The van der Waals surface area contributed by atoms with E-state index in [-0.39, 0.29) is 36.8 Å². The lowest BCUT2D eigenvalue weighted by molar-refractivity contribution is -0.386. The molecule has 0 amide bonds. The maximum absolute atomic E-state index is 12.2. The smallest absolute Gasteiger partial charge is 0.275 e. The van der Waals surface area contributed by atoms with Crippen LogP contribution in [0.1, 0.15) is 34.2 Å². The zero-order chi connectivity index (χ0) is 35.5. The van der Waals surface area contributed by atoms with Crippen LogP contribution < -0.4 is 18.9 Å². The first-order valence-electron chi connectivity index (χ1n) is 15.7. The van der Waals surface area contributed by atoms with Crippen LogP contribution in [0.4, 0.5) is 11.4 Å². The van der Waals surface area contributed by atoms with Crippen LogP contribution in [0.5, 0.6) is 23.0 Å². The van der Waals surface area contributed by atoms with E-state index >= 15 is 0 Å². The maximum atomic E-state index is 12.2. The third kappa shape index (κ3) is 8.00. The molecule has 0 saturated carbocycles. The molecule has 50 heavy (non-hydrogen) atoms. The molecule has 258 valence electrons. The fourth-order valence-corrected chi connectivity index (χ4v) is 5.60. The zero-order valence-electron chi connectivity index (χ0n) is 27.5. The number of nitro groups is 2. The average molecular weight is 681 g/mol. The molecule has 0 bridgehead atoms. The minimum absolute atomic E-state index is 0.120. The maximum Gasteiger partial charge on any atom is 0.275 e. The van der Waals surface area contributed by atoms with Crippen LogP contribution in [0.15, 0.2) is 115 Å². The monoisotopic (exact) mass is 680 g/mol. The number of methoxy groups -OCH3 is 2. The van der Waals surface area contributed by atoms with Crippen molar-refractivity contribution in [1.29, 1.82) is 0 Å². The first-order chi connectivity index (χ1) is 24.3. The largest absolute Gasteiger partial charge is 0.497 e. The second kappa shape index (κ2) is 16.4. The van der Waals surface area contributed by atoms with Crippen molar-refractivity contribution in [3.05, 3.63) is 163 Å².